The van der Waals surface area contributed by atoms with Crippen molar-refractivity contribution in [2.45, 2.75) is 18.9 Å². The monoisotopic (exact) mass is 249 g/mol. The van der Waals surface area contributed by atoms with Gasteiger partial charge in [-0.3, -0.25) is 4.79 Å². The number of benzene rings is 1. The van der Waals surface area contributed by atoms with Crippen LogP contribution in [0, 0.1) is 0 Å². The molecule has 0 aliphatic carbocycles. The minimum atomic E-state index is 0.0133. The molecule has 0 aromatic heterocycles. The number of carbonyl (C=O) groups excluding carboxylic acids is 1. The highest BCUT2D eigenvalue weighted by Crippen LogP contribution is 2.22. The lowest BCUT2D eigenvalue weighted by Crippen LogP contribution is -2.40. The lowest BCUT2D eigenvalue weighted by molar-refractivity contribution is 0.0360. The number of methoxy groups -OCH3 is 1. The van der Waals surface area contributed by atoms with Crippen molar-refractivity contribution in [3.8, 4) is 5.75 Å². The van der Waals surface area contributed by atoms with Crippen molar-refractivity contribution in [1.29, 1.82) is 0 Å². The largest absolute Gasteiger partial charge is 0.496 e. The summed E-state index contributed by atoms with van der Waals surface area (Å²) < 4.78 is 10.5. The number of ether oxygens (including phenoxy) is 2. The topological polar surface area (TPSA) is 38.8 Å². The molecule has 0 bridgehead atoms. The second kappa shape index (κ2) is 5.87. The van der Waals surface area contributed by atoms with Gasteiger partial charge in [0.15, 0.2) is 0 Å². The van der Waals surface area contributed by atoms with Crippen LogP contribution in [-0.4, -0.2) is 44.2 Å². The van der Waals surface area contributed by atoms with Crippen LogP contribution in [0.4, 0.5) is 0 Å². The second-order valence-corrected chi connectivity index (χ2v) is 4.46. The van der Waals surface area contributed by atoms with Crippen LogP contribution in [0.5, 0.6) is 5.75 Å². The number of para-hydroxylation sites is 1. The van der Waals surface area contributed by atoms with Crippen LogP contribution < -0.4 is 4.74 Å². The predicted octanol–water partition coefficient (Wildman–Crippen LogP) is 1.95. The van der Waals surface area contributed by atoms with Crippen LogP contribution in [0.2, 0.25) is 0 Å². The molecule has 1 heterocycles. The Labute approximate surface area is 107 Å². The van der Waals surface area contributed by atoms with Gasteiger partial charge in [-0.25, -0.2) is 0 Å². The maximum Gasteiger partial charge on any atom is 0.257 e. The number of carbonyl (C=O) groups is 1. The third-order valence-corrected chi connectivity index (χ3v) is 3.40. The molecule has 0 spiro atoms. The molecule has 1 aliphatic heterocycles. The molecule has 1 saturated heterocycles. The number of rotatable bonds is 3. The summed E-state index contributed by atoms with van der Waals surface area (Å²) in [4.78, 5) is 14.2. The van der Waals surface area contributed by atoms with Gasteiger partial charge in [0.1, 0.15) is 5.75 Å². The Kier molecular flexibility index (Phi) is 4.20. The minimum Gasteiger partial charge on any atom is -0.496 e. The molecule has 0 N–H and O–H groups in total. The Bertz CT molecular complexity index is 413. The Morgan fingerprint density at radius 3 is 2.67 bits per heavy atom. The van der Waals surface area contributed by atoms with Crippen molar-refractivity contribution in [3.05, 3.63) is 29.8 Å². The first-order valence-corrected chi connectivity index (χ1v) is 6.22. The molecule has 0 unspecified atom stereocenters. The maximum absolute atomic E-state index is 12.4. The zero-order valence-corrected chi connectivity index (χ0v) is 10.9. The molecular formula is C14H19NO3. The van der Waals surface area contributed by atoms with Gasteiger partial charge in [0, 0.05) is 26.3 Å². The Morgan fingerprint density at radius 1 is 1.33 bits per heavy atom. The van der Waals surface area contributed by atoms with Gasteiger partial charge in [-0.1, -0.05) is 12.1 Å². The molecular weight excluding hydrogens is 230 g/mol. The summed E-state index contributed by atoms with van der Waals surface area (Å²) in [5.74, 6) is 0.640. The quantitative estimate of drug-likeness (QED) is 0.822. The van der Waals surface area contributed by atoms with Gasteiger partial charge in [0.25, 0.3) is 5.91 Å². The molecule has 1 fully saturated rings. The Morgan fingerprint density at radius 2 is 2.00 bits per heavy atom. The van der Waals surface area contributed by atoms with Crippen LogP contribution in [0.25, 0.3) is 0 Å². The van der Waals surface area contributed by atoms with E-state index in [4.69, 9.17) is 9.47 Å². The van der Waals surface area contributed by atoms with Gasteiger partial charge in [-0.2, -0.15) is 0 Å². The van der Waals surface area contributed by atoms with E-state index in [9.17, 15) is 4.79 Å². The zero-order chi connectivity index (χ0) is 13.0. The molecule has 0 saturated carbocycles. The fourth-order valence-electron chi connectivity index (χ4n) is 2.25. The highest BCUT2D eigenvalue weighted by molar-refractivity contribution is 5.97. The van der Waals surface area contributed by atoms with E-state index in [2.05, 4.69) is 0 Å². The third-order valence-electron chi connectivity index (χ3n) is 3.40. The van der Waals surface area contributed by atoms with E-state index in [1.165, 1.54) is 0 Å². The predicted molar refractivity (Wildman–Crippen MR) is 68.9 cm³/mol. The fourth-order valence-corrected chi connectivity index (χ4v) is 2.25. The first-order valence-electron chi connectivity index (χ1n) is 6.22. The van der Waals surface area contributed by atoms with Gasteiger partial charge >= 0.3 is 0 Å². The molecule has 98 valence electrons. The summed E-state index contributed by atoms with van der Waals surface area (Å²) >= 11 is 0. The lowest BCUT2D eigenvalue weighted by Gasteiger charge is -2.31. The summed E-state index contributed by atoms with van der Waals surface area (Å²) in [6.07, 6.45) is 1.80. The van der Waals surface area contributed by atoms with E-state index in [0.29, 0.717) is 11.3 Å². The van der Waals surface area contributed by atoms with Crippen LogP contribution in [0.15, 0.2) is 24.3 Å². The van der Waals surface area contributed by atoms with Crippen molar-refractivity contribution < 1.29 is 14.3 Å². The van der Waals surface area contributed by atoms with Crippen molar-refractivity contribution in [3.63, 3.8) is 0 Å². The molecule has 18 heavy (non-hydrogen) atoms. The summed E-state index contributed by atoms with van der Waals surface area (Å²) in [7, 11) is 3.44. The smallest absolute Gasteiger partial charge is 0.257 e. The van der Waals surface area contributed by atoms with E-state index >= 15 is 0 Å². The zero-order valence-electron chi connectivity index (χ0n) is 10.9. The van der Waals surface area contributed by atoms with E-state index in [1.807, 2.05) is 25.2 Å². The van der Waals surface area contributed by atoms with E-state index in [1.54, 1.807) is 18.1 Å². The molecule has 1 aromatic carbocycles. The molecule has 0 atom stereocenters. The van der Waals surface area contributed by atoms with Gasteiger partial charge in [0.2, 0.25) is 0 Å². The standard InChI is InChI=1S/C14H19NO3/c1-15(11-7-9-18-10-8-11)14(16)12-5-3-4-6-13(12)17-2/h3-6,11H,7-10H2,1-2H3. The van der Waals surface area contributed by atoms with Crippen LogP contribution in [0.1, 0.15) is 23.2 Å². The van der Waals surface area contributed by atoms with Gasteiger partial charge < -0.3 is 14.4 Å². The highest BCUT2D eigenvalue weighted by atomic mass is 16.5. The molecule has 2 rings (SSSR count). The average molecular weight is 249 g/mol. The fraction of sp³-hybridized carbons (Fsp3) is 0.500. The molecule has 1 amide bonds. The van der Waals surface area contributed by atoms with Crippen LogP contribution in [0.3, 0.4) is 0 Å². The maximum atomic E-state index is 12.4. The molecule has 4 heteroatoms. The van der Waals surface area contributed by atoms with Crippen molar-refractivity contribution >= 4 is 5.91 Å². The highest BCUT2D eigenvalue weighted by Gasteiger charge is 2.24. The third kappa shape index (κ3) is 2.64. The van der Waals surface area contributed by atoms with Crippen LogP contribution in [-0.2, 0) is 4.74 Å². The number of nitrogens with zero attached hydrogens (tertiary/aromatic N) is 1. The normalized spacial score (nSPS) is 16.3. The summed E-state index contributed by atoms with van der Waals surface area (Å²) in [6.45, 7) is 1.46. The Balaban J connectivity index is 2.14. The summed E-state index contributed by atoms with van der Waals surface area (Å²) in [6, 6.07) is 7.59. The van der Waals surface area contributed by atoms with Gasteiger partial charge in [-0.05, 0) is 25.0 Å². The average Bonchev–Trinajstić information content (AvgIpc) is 2.46. The van der Waals surface area contributed by atoms with Gasteiger partial charge in [-0.15, -0.1) is 0 Å². The summed E-state index contributed by atoms with van der Waals surface area (Å²) in [5.41, 5.74) is 0.619. The number of hydrogen-bond acceptors (Lipinski definition) is 3. The Hall–Kier alpha value is -1.55. The van der Waals surface area contributed by atoms with Crippen molar-refractivity contribution in [2.75, 3.05) is 27.4 Å². The second-order valence-electron chi connectivity index (χ2n) is 4.46. The van der Waals surface area contributed by atoms with Crippen molar-refractivity contribution in [1.82, 2.24) is 4.90 Å². The molecule has 0 radical (unpaired) electrons. The van der Waals surface area contributed by atoms with E-state index in [-0.39, 0.29) is 11.9 Å². The van der Waals surface area contributed by atoms with Crippen LogP contribution >= 0.6 is 0 Å². The first-order chi connectivity index (χ1) is 8.74. The summed E-state index contributed by atoms with van der Waals surface area (Å²) in [5, 5.41) is 0. The van der Waals surface area contributed by atoms with Gasteiger partial charge in [0.05, 0.1) is 12.7 Å². The first kappa shape index (κ1) is 12.9. The number of hydrogen-bond donors (Lipinski definition) is 0. The molecule has 1 aromatic rings. The lowest BCUT2D eigenvalue weighted by atomic mass is 10.1. The number of amides is 1. The van der Waals surface area contributed by atoms with Crippen molar-refractivity contribution in [2.24, 2.45) is 0 Å². The van der Waals surface area contributed by atoms with E-state index < -0.39 is 0 Å². The molecule has 1 aliphatic rings. The SMILES string of the molecule is COc1ccccc1C(=O)N(C)C1CCOCC1. The van der Waals surface area contributed by atoms with E-state index in [0.717, 1.165) is 26.1 Å². The minimum absolute atomic E-state index is 0.0133. The molecule has 4 nitrogen and oxygen atoms in total.